The molecule has 3 aliphatic heterocycles. The first-order chi connectivity index (χ1) is 24.6. The van der Waals surface area contributed by atoms with Crippen molar-refractivity contribution >= 4 is 11.9 Å². The lowest BCUT2D eigenvalue weighted by Gasteiger charge is -2.64. The molecule has 6 fully saturated rings. The third kappa shape index (κ3) is 6.26. The highest BCUT2D eigenvalue weighted by Crippen LogP contribution is 2.70. The van der Waals surface area contributed by atoms with E-state index in [1.807, 2.05) is 0 Å². The average Bonchev–Trinajstić information content (AvgIpc) is 3.65. The summed E-state index contributed by atoms with van der Waals surface area (Å²) in [5.41, 5.74) is -0.0196. The predicted molar refractivity (Wildman–Crippen MR) is 180 cm³/mol. The molecule has 14 heteroatoms. The number of rotatable bonds is 8. The molecule has 14 nitrogen and oxygen atoms in total. The number of carbonyl (C=O) groups excluding carboxylic acids is 2. The lowest BCUT2D eigenvalue weighted by atomic mass is 9.43. The van der Waals surface area contributed by atoms with Crippen LogP contribution in [0.4, 0.5) is 0 Å². The zero-order valence-corrected chi connectivity index (χ0v) is 30.9. The van der Waals surface area contributed by atoms with Crippen LogP contribution in [-0.4, -0.2) is 131 Å². The summed E-state index contributed by atoms with van der Waals surface area (Å²) in [6.45, 7) is 7.39. The maximum Gasteiger partial charge on any atom is 0.331 e. The van der Waals surface area contributed by atoms with Gasteiger partial charge in [0.25, 0.3) is 0 Å². The summed E-state index contributed by atoms with van der Waals surface area (Å²) in [7, 11) is 1.44. The van der Waals surface area contributed by atoms with Gasteiger partial charge in [-0.05, 0) is 99.4 Å². The van der Waals surface area contributed by atoms with Crippen molar-refractivity contribution in [1.82, 2.24) is 0 Å². The molecule has 52 heavy (non-hydrogen) atoms. The quantitative estimate of drug-likeness (QED) is 0.177. The van der Waals surface area contributed by atoms with Crippen molar-refractivity contribution in [2.24, 2.45) is 34.5 Å². The fourth-order valence-corrected chi connectivity index (χ4v) is 11.9. The molecular weight excluding hydrogens is 680 g/mol. The van der Waals surface area contributed by atoms with Crippen molar-refractivity contribution in [3.8, 4) is 0 Å². The maximum absolute atomic E-state index is 12.6. The second kappa shape index (κ2) is 14.4. The van der Waals surface area contributed by atoms with Gasteiger partial charge in [-0.15, -0.1) is 0 Å². The van der Waals surface area contributed by atoms with Gasteiger partial charge in [0.05, 0.1) is 24.4 Å². The molecule has 3 heterocycles. The van der Waals surface area contributed by atoms with Crippen LogP contribution < -0.4 is 0 Å². The lowest BCUT2D eigenvalue weighted by molar-refractivity contribution is -0.362. The minimum atomic E-state index is -1.63. The number of ether oxygens (including phenoxy) is 7. The van der Waals surface area contributed by atoms with Gasteiger partial charge in [0.15, 0.2) is 18.7 Å². The fourth-order valence-electron chi connectivity index (χ4n) is 11.9. The Balaban J connectivity index is 1.03. The summed E-state index contributed by atoms with van der Waals surface area (Å²) in [4.78, 5) is 24.3. The molecule has 0 amide bonds. The Bertz CT molecular complexity index is 1370. The molecular formula is C38H58O14. The Morgan fingerprint density at radius 1 is 0.904 bits per heavy atom. The van der Waals surface area contributed by atoms with Gasteiger partial charge < -0.3 is 58.7 Å². The summed E-state index contributed by atoms with van der Waals surface area (Å²) in [6.07, 6.45) is -2.55. The topological polar surface area (TPSA) is 200 Å². The summed E-state index contributed by atoms with van der Waals surface area (Å²) in [6, 6.07) is 0. The van der Waals surface area contributed by atoms with E-state index in [2.05, 4.69) is 13.8 Å². The first kappa shape index (κ1) is 38.6. The van der Waals surface area contributed by atoms with Gasteiger partial charge in [-0.25, -0.2) is 4.79 Å². The number of cyclic esters (lactones) is 1. The van der Waals surface area contributed by atoms with Crippen molar-refractivity contribution in [3.63, 3.8) is 0 Å². The van der Waals surface area contributed by atoms with Crippen LogP contribution in [-0.2, 0) is 42.7 Å². The molecule has 0 aromatic heterocycles. The van der Waals surface area contributed by atoms with E-state index in [-0.39, 0.29) is 34.7 Å². The van der Waals surface area contributed by atoms with E-state index < -0.39 is 79.6 Å². The van der Waals surface area contributed by atoms with Crippen LogP contribution in [0, 0.1) is 34.5 Å². The number of hydrogen-bond donors (Lipinski definition) is 5. The molecule has 7 rings (SSSR count). The van der Waals surface area contributed by atoms with Crippen molar-refractivity contribution in [2.75, 3.05) is 20.3 Å². The highest BCUT2D eigenvalue weighted by atomic mass is 16.8. The smallest absolute Gasteiger partial charge is 0.331 e. The number of hydrogen-bond acceptors (Lipinski definition) is 14. The number of aliphatic hydroxyl groups is 5. The van der Waals surface area contributed by atoms with Crippen molar-refractivity contribution in [3.05, 3.63) is 11.6 Å². The Kier molecular flexibility index (Phi) is 10.7. The van der Waals surface area contributed by atoms with Crippen molar-refractivity contribution in [2.45, 2.75) is 159 Å². The normalized spacial score (nSPS) is 51.8. The molecule has 4 saturated carbocycles. The first-order valence-corrected chi connectivity index (χ1v) is 19.2. The number of methoxy groups -OCH3 is 1. The molecule has 0 bridgehead atoms. The number of fused-ring (bicyclic) bond motifs is 5. The van der Waals surface area contributed by atoms with Crippen LogP contribution in [0.2, 0.25) is 0 Å². The van der Waals surface area contributed by atoms with E-state index >= 15 is 0 Å². The van der Waals surface area contributed by atoms with Gasteiger partial charge in [0.2, 0.25) is 0 Å². The highest BCUT2D eigenvalue weighted by molar-refractivity contribution is 5.85. The largest absolute Gasteiger partial charge is 0.458 e. The standard InChI is InChI=1S/C38H58O14/c1-18-31(52-34-30(44)29(43)28(42)26(16-39)51-34)32(46-5)33(49-19(2)40)35(48-18)50-22-8-11-36(3)21(15-22)6-7-25-24(36)9-12-37(4)23(10-13-38(25,37)45)20-14-27(41)47-17-20/h14,18,21-26,28-35,39,42-45H,6-13,15-17H2,1-5H3/t18-,21-,22+,23-,24-,25+,26-,28-,29+,30-,31-,32+,33-,34+,35+,36+,37-,38+/m1/s1. The van der Waals surface area contributed by atoms with E-state index in [0.29, 0.717) is 18.4 Å². The average molecular weight is 739 g/mol. The first-order valence-electron chi connectivity index (χ1n) is 19.2. The number of carbonyl (C=O) groups is 2. The van der Waals surface area contributed by atoms with Crippen LogP contribution in [0.1, 0.15) is 85.5 Å². The van der Waals surface area contributed by atoms with Gasteiger partial charge in [0, 0.05) is 25.5 Å². The summed E-state index contributed by atoms with van der Waals surface area (Å²) in [5.74, 6) is 0.237. The monoisotopic (exact) mass is 738 g/mol. The van der Waals surface area contributed by atoms with Crippen LogP contribution in [0.15, 0.2) is 11.6 Å². The maximum atomic E-state index is 12.6. The molecule has 7 aliphatic rings. The molecule has 0 spiro atoms. The Morgan fingerprint density at radius 2 is 1.67 bits per heavy atom. The van der Waals surface area contributed by atoms with E-state index in [9.17, 15) is 35.1 Å². The summed E-state index contributed by atoms with van der Waals surface area (Å²) >= 11 is 0. The van der Waals surface area contributed by atoms with Crippen molar-refractivity contribution in [1.29, 1.82) is 0 Å². The van der Waals surface area contributed by atoms with Gasteiger partial charge in [-0.2, -0.15) is 0 Å². The predicted octanol–water partition coefficient (Wildman–Crippen LogP) is 1.51. The summed E-state index contributed by atoms with van der Waals surface area (Å²) in [5, 5.41) is 53.4. The Hall–Kier alpha value is -1.72. The van der Waals surface area contributed by atoms with Gasteiger partial charge >= 0.3 is 11.9 Å². The van der Waals surface area contributed by atoms with Gasteiger partial charge in [0.1, 0.15) is 43.2 Å². The third-order valence-electron chi connectivity index (χ3n) is 14.7. The van der Waals surface area contributed by atoms with E-state index in [1.54, 1.807) is 13.0 Å². The molecule has 0 aromatic rings. The molecule has 0 radical (unpaired) electrons. The SMILES string of the molecule is CO[C@@H]1[C@@H](OC(C)=O)[C@H](O[C@H]2CC[C@@]3(C)[C@H](CC[C@H]4[C@H]3CC[C@]3(C)[C@@H](C5=CC(=O)OC5)CC[C@]43O)C2)O[C@H](C)[C@H]1O[C@@H]1O[C@H](CO)[C@@H](O)[C@H](O)[C@H]1O. The highest BCUT2D eigenvalue weighted by Gasteiger charge is 2.68. The number of aliphatic hydroxyl groups excluding tert-OH is 4. The van der Waals surface area contributed by atoms with E-state index in [4.69, 9.17) is 33.2 Å². The fraction of sp³-hybridized carbons (Fsp3) is 0.895. The Morgan fingerprint density at radius 3 is 2.35 bits per heavy atom. The number of esters is 2. The van der Waals surface area contributed by atoms with Gasteiger partial charge in [-0.3, -0.25) is 4.79 Å². The summed E-state index contributed by atoms with van der Waals surface area (Å²) < 4.78 is 41.5. The lowest BCUT2D eigenvalue weighted by Crippen LogP contribution is -2.65. The minimum Gasteiger partial charge on any atom is -0.458 e. The molecule has 18 atom stereocenters. The molecule has 0 unspecified atom stereocenters. The Labute approximate surface area is 305 Å². The van der Waals surface area contributed by atoms with Crippen LogP contribution >= 0.6 is 0 Å². The minimum absolute atomic E-state index is 0.0268. The van der Waals surface area contributed by atoms with E-state index in [0.717, 1.165) is 63.4 Å². The molecule has 294 valence electrons. The van der Waals surface area contributed by atoms with Crippen LogP contribution in [0.3, 0.4) is 0 Å². The van der Waals surface area contributed by atoms with E-state index in [1.165, 1.54) is 14.0 Å². The van der Waals surface area contributed by atoms with Crippen molar-refractivity contribution < 1.29 is 68.3 Å². The second-order valence-electron chi connectivity index (χ2n) is 17.1. The third-order valence-corrected chi connectivity index (χ3v) is 14.7. The molecule has 0 aromatic carbocycles. The van der Waals surface area contributed by atoms with Crippen LogP contribution in [0.25, 0.3) is 0 Å². The van der Waals surface area contributed by atoms with Crippen LogP contribution in [0.5, 0.6) is 0 Å². The second-order valence-corrected chi connectivity index (χ2v) is 17.1. The molecule has 4 aliphatic carbocycles. The molecule has 2 saturated heterocycles. The zero-order chi connectivity index (χ0) is 37.3. The van der Waals surface area contributed by atoms with Gasteiger partial charge in [-0.1, -0.05) is 13.8 Å². The molecule has 5 N–H and O–H groups in total. The zero-order valence-electron chi connectivity index (χ0n) is 30.9.